The average molecular weight is 545 g/mol. The highest BCUT2D eigenvalue weighted by Crippen LogP contribution is 2.31. The minimum Gasteiger partial charge on any atom is -0.493 e. The number of fused-ring (bicyclic) bond motifs is 5. The first-order valence-electron chi connectivity index (χ1n) is 13.8. The Morgan fingerprint density at radius 1 is 1.18 bits per heavy atom. The van der Waals surface area contributed by atoms with E-state index < -0.39 is 0 Å². The van der Waals surface area contributed by atoms with Crippen molar-refractivity contribution in [3.63, 3.8) is 0 Å². The Balaban J connectivity index is 1.38. The fourth-order valence-corrected chi connectivity index (χ4v) is 5.37. The first kappa shape index (κ1) is 27.3. The van der Waals surface area contributed by atoms with E-state index in [1.54, 1.807) is 12.0 Å². The number of carbonyl (C=O) groups is 2. The number of methoxy groups -OCH3 is 1. The van der Waals surface area contributed by atoms with Crippen molar-refractivity contribution in [2.75, 3.05) is 33.4 Å². The van der Waals surface area contributed by atoms with E-state index in [1.165, 1.54) is 5.56 Å². The summed E-state index contributed by atoms with van der Waals surface area (Å²) in [6.45, 7) is 4.98. The van der Waals surface area contributed by atoms with Gasteiger partial charge in [0, 0.05) is 48.1 Å². The van der Waals surface area contributed by atoms with Gasteiger partial charge in [-0.3, -0.25) is 9.59 Å². The zero-order valence-corrected chi connectivity index (χ0v) is 23.3. The van der Waals surface area contributed by atoms with Gasteiger partial charge in [-0.05, 0) is 62.4 Å². The molecule has 9 nitrogen and oxygen atoms in total. The number of aryl methyl sites for hydroxylation is 2. The molecule has 2 amide bonds. The van der Waals surface area contributed by atoms with E-state index in [9.17, 15) is 9.59 Å². The Bertz CT molecular complexity index is 1490. The molecule has 5 rings (SSSR count). The summed E-state index contributed by atoms with van der Waals surface area (Å²) in [6, 6.07) is 14.2. The molecule has 0 saturated heterocycles. The third-order valence-electron chi connectivity index (χ3n) is 7.50. The van der Waals surface area contributed by atoms with E-state index in [0.717, 1.165) is 39.2 Å². The summed E-state index contributed by atoms with van der Waals surface area (Å²) in [6.07, 6.45) is 2.73. The number of aromatic amines is 1. The second-order valence-electron chi connectivity index (χ2n) is 10.2. The van der Waals surface area contributed by atoms with Gasteiger partial charge in [0.15, 0.2) is 11.5 Å². The van der Waals surface area contributed by atoms with Gasteiger partial charge in [0.25, 0.3) is 0 Å². The molecule has 3 heterocycles. The average Bonchev–Trinajstić information content (AvgIpc) is 3.46. The highest BCUT2D eigenvalue weighted by molar-refractivity contribution is 5.86. The van der Waals surface area contributed by atoms with Crippen LogP contribution in [0.3, 0.4) is 0 Å². The minimum absolute atomic E-state index is 0.0000173. The number of benzene rings is 2. The Morgan fingerprint density at radius 2 is 2.02 bits per heavy atom. The standard InChI is InChI=1S/C31H36N4O5/c1-20-23(21(2)40-34-20)10-12-31(37)35-15-6-16-39-29-18-22(9-11-28(29)38-3)17-27-25(13-14-32-30(36)19-35)24-7-4-5-8-26(24)33-27/h4-5,7-9,11,18,33H,6,10,12-17,19H2,1-3H3,(H,32,36). The molecule has 0 aliphatic carbocycles. The van der Waals surface area contributed by atoms with Crippen LogP contribution in [0.1, 0.15) is 46.7 Å². The lowest BCUT2D eigenvalue weighted by molar-refractivity contribution is -0.136. The molecule has 0 fully saturated rings. The SMILES string of the molecule is COc1ccc2cc1OCCCN(C(=O)CCc1c(C)noc1C)CC(=O)NCCc1c([nH]c3ccccc13)C2. The van der Waals surface area contributed by atoms with E-state index in [0.29, 0.717) is 56.9 Å². The van der Waals surface area contributed by atoms with Gasteiger partial charge in [0.05, 0.1) is 26.0 Å². The number of hydrogen-bond acceptors (Lipinski definition) is 6. The number of ether oxygens (including phenoxy) is 2. The number of amides is 2. The Labute approximate surface area is 233 Å². The van der Waals surface area contributed by atoms with Crippen LogP contribution < -0.4 is 14.8 Å². The van der Waals surface area contributed by atoms with Crippen LogP contribution in [-0.2, 0) is 28.9 Å². The van der Waals surface area contributed by atoms with E-state index >= 15 is 0 Å². The van der Waals surface area contributed by atoms with Gasteiger partial charge < -0.3 is 29.2 Å². The zero-order chi connectivity index (χ0) is 28.1. The molecule has 4 aromatic rings. The molecule has 1 aliphatic rings. The summed E-state index contributed by atoms with van der Waals surface area (Å²) in [7, 11) is 1.63. The summed E-state index contributed by atoms with van der Waals surface area (Å²) in [5.74, 6) is 1.78. The van der Waals surface area contributed by atoms with Gasteiger partial charge in [-0.25, -0.2) is 0 Å². The third kappa shape index (κ3) is 6.14. The number of rotatable bonds is 4. The molecule has 0 atom stereocenters. The molecule has 0 unspecified atom stereocenters. The first-order valence-corrected chi connectivity index (χ1v) is 13.8. The number of H-pyrrole nitrogens is 1. The lowest BCUT2D eigenvalue weighted by Gasteiger charge is -2.23. The second kappa shape index (κ2) is 12.3. The molecule has 9 heteroatoms. The fourth-order valence-electron chi connectivity index (χ4n) is 5.37. The van der Waals surface area contributed by atoms with Gasteiger partial charge in [-0.1, -0.05) is 29.4 Å². The van der Waals surface area contributed by atoms with Gasteiger partial charge in [-0.15, -0.1) is 0 Å². The maximum absolute atomic E-state index is 13.3. The molecule has 0 radical (unpaired) electrons. The molecule has 2 aromatic carbocycles. The normalized spacial score (nSPS) is 14.9. The van der Waals surface area contributed by atoms with Crippen molar-refractivity contribution in [2.45, 2.75) is 46.0 Å². The number of nitrogens with one attached hydrogen (secondary N) is 2. The van der Waals surface area contributed by atoms with Gasteiger partial charge in [0.1, 0.15) is 5.76 Å². The van der Waals surface area contributed by atoms with Crippen LogP contribution in [0.15, 0.2) is 47.0 Å². The van der Waals surface area contributed by atoms with E-state index in [2.05, 4.69) is 27.6 Å². The van der Waals surface area contributed by atoms with Gasteiger partial charge in [-0.2, -0.15) is 0 Å². The largest absolute Gasteiger partial charge is 0.493 e. The summed E-state index contributed by atoms with van der Waals surface area (Å²) in [5.41, 5.74) is 6.17. The summed E-state index contributed by atoms with van der Waals surface area (Å²) >= 11 is 0. The second-order valence-corrected chi connectivity index (χ2v) is 10.2. The lowest BCUT2D eigenvalue weighted by atomic mass is 10.0. The quantitative estimate of drug-likeness (QED) is 0.397. The molecule has 40 heavy (non-hydrogen) atoms. The monoisotopic (exact) mass is 544 g/mol. The Morgan fingerprint density at radius 3 is 2.83 bits per heavy atom. The van der Waals surface area contributed by atoms with Crippen molar-refractivity contribution >= 4 is 22.7 Å². The smallest absolute Gasteiger partial charge is 0.239 e. The number of aromatic nitrogens is 2. The molecule has 210 valence electrons. The third-order valence-corrected chi connectivity index (χ3v) is 7.50. The van der Waals surface area contributed by atoms with Crippen LogP contribution in [0.5, 0.6) is 11.5 Å². The van der Waals surface area contributed by atoms with Crippen molar-refractivity contribution in [3.05, 3.63) is 76.3 Å². The number of nitrogens with zero attached hydrogens (tertiary/aromatic N) is 2. The van der Waals surface area contributed by atoms with Crippen LogP contribution in [0.4, 0.5) is 0 Å². The Hall–Kier alpha value is -4.27. The molecular weight excluding hydrogens is 508 g/mol. The fraction of sp³-hybridized carbons (Fsp3) is 0.387. The molecule has 2 N–H and O–H groups in total. The van der Waals surface area contributed by atoms with Crippen LogP contribution in [0.2, 0.25) is 0 Å². The maximum Gasteiger partial charge on any atom is 0.239 e. The van der Waals surface area contributed by atoms with Gasteiger partial charge in [0.2, 0.25) is 11.8 Å². The van der Waals surface area contributed by atoms with Crippen molar-refractivity contribution in [1.29, 1.82) is 0 Å². The van der Waals surface area contributed by atoms with Crippen molar-refractivity contribution < 1.29 is 23.6 Å². The maximum atomic E-state index is 13.3. The molecular formula is C31H36N4O5. The molecule has 2 aromatic heterocycles. The zero-order valence-electron chi connectivity index (χ0n) is 23.3. The first-order chi connectivity index (χ1) is 19.4. The number of carbonyl (C=O) groups excluding carboxylic acids is 2. The van der Waals surface area contributed by atoms with Crippen LogP contribution in [0, 0.1) is 13.8 Å². The summed E-state index contributed by atoms with van der Waals surface area (Å²) in [4.78, 5) is 31.4. The van der Waals surface area contributed by atoms with Crippen molar-refractivity contribution in [1.82, 2.24) is 20.4 Å². The van der Waals surface area contributed by atoms with Crippen molar-refractivity contribution in [2.24, 2.45) is 0 Å². The topological polar surface area (TPSA) is 110 Å². The predicted octanol–water partition coefficient (Wildman–Crippen LogP) is 4.27. The van der Waals surface area contributed by atoms with Crippen LogP contribution >= 0.6 is 0 Å². The molecule has 0 spiro atoms. The molecule has 2 bridgehead atoms. The van der Waals surface area contributed by atoms with E-state index in [-0.39, 0.29) is 24.8 Å². The van der Waals surface area contributed by atoms with Gasteiger partial charge >= 0.3 is 0 Å². The molecule has 1 aliphatic heterocycles. The number of para-hydroxylation sites is 1. The summed E-state index contributed by atoms with van der Waals surface area (Å²) < 4.78 is 16.9. The predicted molar refractivity (Wildman–Crippen MR) is 152 cm³/mol. The lowest BCUT2D eigenvalue weighted by Crippen LogP contribution is -2.42. The Kier molecular flexibility index (Phi) is 8.38. The van der Waals surface area contributed by atoms with E-state index in [1.807, 2.05) is 44.2 Å². The molecule has 0 saturated carbocycles. The highest BCUT2D eigenvalue weighted by Gasteiger charge is 2.20. The van der Waals surface area contributed by atoms with Crippen LogP contribution in [-0.4, -0.2) is 60.2 Å². The van der Waals surface area contributed by atoms with Crippen LogP contribution in [0.25, 0.3) is 10.9 Å². The number of hydrogen-bond donors (Lipinski definition) is 2. The summed E-state index contributed by atoms with van der Waals surface area (Å²) in [5, 5.41) is 8.16. The minimum atomic E-state index is -0.174. The van der Waals surface area contributed by atoms with E-state index in [4.69, 9.17) is 14.0 Å². The highest BCUT2D eigenvalue weighted by atomic mass is 16.5. The van der Waals surface area contributed by atoms with Crippen molar-refractivity contribution in [3.8, 4) is 11.5 Å².